The van der Waals surface area contributed by atoms with Gasteiger partial charge in [-0.1, -0.05) is 19.9 Å². The molecule has 0 radical (unpaired) electrons. The van der Waals surface area contributed by atoms with Gasteiger partial charge in [0.2, 0.25) is 0 Å². The number of halogens is 1. The molecule has 1 aliphatic rings. The second-order valence-electron chi connectivity index (χ2n) is 6.01. The van der Waals surface area contributed by atoms with Gasteiger partial charge in [0.15, 0.2) is 0 Å². The fourth-order valence-electron chi connectivity index (χ4n) is 2.42. The van der Waals surface area contributed by atoms with Gasteiger partial charge < -0.3 is 10.2 Å². The third-order valence-electron chi connectivity index (χ3n) is 3.90. The number of rotatable bonds is 6. The van der Waals surface area contributed by atoms with Crippen LogP contribution in [-0.4, -0.2) is 19.6 Å². The summed E-state index contributed by atoms with van der Waals surface area (Å²) in [7, 11) is 2.21. The molecule has 0 amide bonds. The second-order valence-corrected chi connectivity index (χ2v) is 6.86. The summed E-state index contributed by atoms with van der Waals surface area (Å²) in [5, 5.41) is 3.49. The third-order valence-corrected chi connectivity index (χ3v) is 4.53. The molecule has 106 valence electrons. The van der Waals surface area contributed by atoms with Crippen molar-refractivity contribution in [3.63, 3.8) is 0 Å². The highest BCUT2D eigenvalue weighted by Gasteiger charge is 2.23. The van der Waals surface area contributed by atoms with E-state index >= 15 is 0 Å². The molecular weight excluding hydrogens is 300 g/mol. The van der Waals surface area contributed by atoms with Gasteiger partial charge in [-0.15, -0.1) is 0 Å². The molecule has 0 heterocycles. The second kappa shape index (κ2) is 6.76. The average Bonchev–Trinajstić information content (AvgIpc) is 2.26. The van der Waals surface area contributed by atoms with E-state index in [1.807, 2.05) is 0 Å². The molecule has 1 fully saturated rings. The van der Waals surface area contributed by atoms with Crippen molar-refractivity contribution in [2.24, 2.45) is 5.92 Å². The van der Waals surface area contributed by atoms with Crippen molar-refractivity contribution >= 4 is 21.6 Å². The Morgan fingerprint density at radius 3 is 2.63 bits per heavy atom. The molecule has 0 aliphatic heterocycles. The number of anilines is 1. The molecule has 19 heavy (non-hydrogen) atoms. The van der Waals surface area contributed by atoms with Crippen molar-refractivity contribution in [3.05, 3.63) is 28.2 Å². The Morgan fingerprint density at radius 2 is 2.11 bits per heavy atom. The van der Waals surface area contributed by atoms with Crippen molar-refractivity contribution in [1.82, 2.24) is 5.32 Å². The van der Waals surface area contributed by atoms with Crippen molar-refractivity contribution in [1.29, 1.82) is 0 Å². The number of nitrogens with zero attached hydrogens (tertiary/aromatic N) is 1. The first kappa shape index (κ1) is 14.9. The Kier molecular flexibility index (Phi) is 5.28. The van der Waals surface area contributed by atoms with Gasteiger partial charge in [-0.2, -0.15) is 0 Å². The van der Waals surface area contributed by atoms with Gasteiger partial charge in [0.25, 0.3) is 0 Å². The molecule has 1 aromatic carbocycles. The van der Waals surface area contributed by atoms with E-state index in [1.54, 1.807) is 0 Å². The zero-order valence-electron chi connectivity index (χ0n) is 12.2. The van der Waals surface area contributed by atoms with Crippen LogP contribution in [0.2, 0.25) is 0 Å². The predicted molar refractivity (Wildman–Crippen MR) is 86.7 cm³/mol. The van der Waals surface area contributed by atoms with Crippen LogP contribution in [0, 0.1) is 5.92 Å². The van der Waals surface area contributed by atoms with E-state index in [0.717, 1.165) is 19.1 Å². The summed E-state index contributed by atoms with van der Waals surface area (Å²) in [5.41, 5.74) is 2.66. The van der Waals surface area contributed by atoms with Gasteiger partial charge >= 0.3 is 0 Å². The lowest BCUT2D eigenvalue weighted by Crippen LogP contribution is -2.37. The van der Waals surface area contributed by atoms with E-state index in [1.165, 1.54) is 35.0 Å². The van der Waals surface area contributed by atoms with Crippen molar-refractivity contribution in [3.8, 4) is 0 Å². The minimum absolute atomic E-state index is 0.701. The molecular formula is C16H25BrN2. The highest BCUT2D eigenvalue weighted by Crippen LogP contribution is 2.33. The van der Waals surface area contributed by atoms with Crippen LogP contribution in [0.4, 0.5) is 5.69 Å². The van der Waals surface area contributed by atoms with E-state index in [2.05, 4.69) is 65.2 Å². The fraction of sp³-hybridized carbons (Fsp3) is 0.625. The maximum atomic E-state index is 3.72. The summed E-state index contributed by atoms with van der Waals surface area (Å²) in [6.45, 7) is 6.49. The summed E-state index contributed by atoms with van der Waals surface area (Å²) in [6.07, 6.45) is 4.05. The smallest absolute Gasteiger partial charge is 0.0510 e. The first-order valence-corrected chi connectivity index (χ1v) is 8.09. The molecule has 0 aromatic heterocycles. The molecule has 0 atom stereocenters. The molecule has 0 spiro atoms. The molecule has 1 aliphatic carbocycles. The maximum Gasteiger partial charge on any atom is 0.0510 e. The highest BCUT2D eigenvalue weighted by atomic mass is 79.9. The van der Waals surface area contributed by atoms with Crippen LogP contribution in [0.25, 0.3) is 0 Å². The minimum Gasteiger partial charge on any atom is -0.371 e. The molecule has 1 saturated carbocycles. The van der Waals surface area contributed by atoms with Crippen molar-refractivity contribution < 1.29 is 0 Å². The molecule has 1 aromatic rings. The summed E-state index contributed by atoms with van der Waals surface area (Å²) in [6, 6.07) is 7.47. The quantitative estimate of drug-likeness (QED) is 0.844. The van der Waals surface area contributed by atoms with Crippen LogP contribution in [0.1, 0.15) is 38.7 Å². The van der Waals surface area contributed by atoms with E-state index in [4.69, 9.17) is 0 Å². The predicted octanol–water partition coefficient (Wildman–Crippen LogP) is 4.18. The average molecular weight is 325 g/mol. The number of hydrogen-bond donors (Lipinski definition) is 1. The topological polar surface area (TPSA) is 15.3 Å². The van der Waals surface area contributed by atoms with Crippen LogP contribution in [-0.2, 0) is 6.54 Å². The Hall–Kier alpha value is -0.540. The fourth-order valence-corrected chi connectivity index (χ4v) is 3.13. The minimum atomic E-state index is 0.701. The summed E-state index contributed by atoms with van der Waals surface area (Å²) in [4.78, 5) is 2.42. The molecule has 0 unspecified atom stereocenters. The van der Waals surface area contributed by atoms with Gasteiger partial charge in [-0.05, 0) is 65.4 Å². The van der Waals surface area contributed by atoms with E-state index < -0.39 is 0 Å². The maximum absolute atomic E-state index is 3.72. The third kappa shape index (κ3) is 3.96. The number of hydrogen-bond acceptors (Lipinski definition) is 2. The summed E-state index contributed by atoms with van der Waals surface area (Å²) < 4.78 is 1.21. The van der Waals surface area contributed by atoms with E-state index in [9.17, 15) is 0 Å². The SMILES string of the molecule is CC(C)CNCc1ccc(N(C)C2CCC2)c(Br)c1. The van der Waals surface area contributed by atoms with Gasteiger partial charge in [0.05, 0.1) is 5.69 Å². The van der Waals surface area contributed by atoms with Crippen LogP contribution >= 0.6 is 15.9 Å². The lowest BCUT2D eigenvalue weighted by molar-refractivity contribution is 0.401. The normalized spacial score (nSPS) is 15.6. The zero-order valence-corrected chi connectivity index (χ0v) is 13.8. The Balaban J connectivity index is 1.96. The van der Waals surface area contributed by atoms with Gasteiger partial charge in [0, 0.05) is 24.1 Å². The Labute approximate surface area is 125 Å². The van der Waals surface area contributed by atoms with Crippen LogP contribution in [0.15, 0.2) is 22.7 Å². The monoisotopic (exact) mass is 324 g/mol. The summed E-state index contributed by atoms with van der Waals surface area (Å²) >= 11 is 3.72. The Morgan fingerprint density at radius 1 is 1.37 bits per heavy atom. The Bertz CT molecular complexity index is 413. The standard InChI is InChI=1S/C16H25BrN2/c1-12(2)10-18-11-13-7-8-16(15(17)9-13)19(3)14-5-4-6-14/h7-9,12,14,18H,4-6,10-11H2,1-3H3. The van der Waals surface area contributed by atoms with Crippen LogP contribution in [0.3, 0.4) is 0 Å². The zero-order chi connectivity index (χ0) is 13.8. The van der Waals surface area contributed by atoms with Crippen molar-refractivity contribution in [2.75, 3.05) is 18.5 Å². The molecule has 1 N–H and O–H groups in total. The lowest BCUT2D eigenvalue weighted by Gasteiger charge is -2.37. The molecule has 0 bridgehead atoms. The van der Waals surface area contributed by atoms with E-state index in [-0.39, 0.29) is 0 Å². The van der Waals surface area contributed by atoms with E-state index in [0.29, 0.717) is 5.92 Å². The highest BCUT2D eigenvalue weighted by molar-refractivity contribution is 9.10. The van der Waals surface area contributed by atoms with Gasteiger partial charge in [-0.3, -0.25) is 0 Å². The van der Waals surface area contributed by atoms with Crippen LogP contribution in [0.5, 0.6) is 0 Å². The largest absolute Gasteiger partial charge is 0.371 e. The van der Waals surface area contributed by atoms with Crippen molar-refractivity contribution in [2.45, 2.75) is 45.7 Å². The first-order valence-electron chi connectivity index (χ1n) is 7.30. The van der Waals surface area contributed by atoms with Crippen LogP contribution < -0.4 is 10.2 Å². The molecule has 0 saturated heterocycles. The summed E-state index contributed by atoms with van der Waals surface area (Å²) in [5.74, 6) is 0.701. The molecule has 2 nitrogen and oxygen atoms in total. The molecule has 3 heteroatoms. The first-order chi connectivity index (χ1) is 9.08. The van der Waals surface area contributed by atoms with Gasteiger partial charge in [-0.25, -0.2) is 0 Å². The molecule has 2 rings (SSSR count). The number of nitrogens with one attached hydrogen (secondary N) is 1. The van der Waals surface area contributed by atoms with Gasteiger partial charge in [0.1, 0.15) is 0 Å². The lowest BCUT2D eigenvalue weighted by atomic mass is 9.91. The number of benzene rings is 1.